The van der Waals surface area contributed by atoms with Crippen LogP contribution in [0.4, 0.5) is 4.79 Å². The zero-order valence-corrected chi connectivity index (χ0v) is 16.5. The molecule has 0 spiro atoms. The van der Waals surface area contributed by atoms with E-state index in [1.54, 1.807) is 11.1 Å². The molecule has 2 aromatic heterocycles. The summed E-state index contributed by atoms with van der Waals surface area (Å²) < 4.78 is 11.4. The van der Waals surface area contributed by atoms with Crippen LogP contribution in [0, 0.1) is 0 Å². The van der Waals surface area contributed by atoms with E-state index in [0.717, 1.165) is 48.8 Å². The van der Waals surface area contributed by atoms with E-state index in [4.69, 9.17) is 9.47 Å². The van der Waals surface area contributed by atoms with Gasteiger partial charge in [-0.2, -0.15) is 0 Å². The van der Waals surface area contributed by atoms with E-state index in [1.807, 2.05) is 32.9 Å². The van der Waals surface area contributed by atoms with Gasteiger partial charge in [0.15, 0.2) is 5.65 Å². The first-order valence-corrected chi connectivity index (χ1v) is 9.74. The van der Waals surface area contributed by atoms with Crippen LogP contribution in [0.5, 0.6) is 0 Å². The predicted octanol–water partition coefficient (Wildman–Crippen LogP) is 4.33. The van der Waals surface area contributed by atoms with Crippen LogP contribution in [-0.4, -0.2) is 45.9 Å². The normalized spacial score (nSPS) is 17.4. The van der Waals surface area contributed by atoms with Crippen LogP contribution in [0.25, 0.3) is 11.0 Å². The molecule has 0 saturated carbocycles. The van der Waals surface area contributed by atoms with Gasteiger partial charge in [0.05, 0.1) is 0 Å². The minimum Gasteiger partial charge on any atom is -0.444 e. The molecule has 6 heteroatoms. The van der Waals surface area contributed by atoms with Crippen molar-refractivity contribution >= 4 is 17.1 Å². The Hall–Kier alpha value is -2.21. The molecule has 0 N–H and O–H groups in total. The monoisotopic (exact) mass is 371 g/mol. The van der Waals surface area contributed by atoms with Crippen molar-refractivity contribution in [1.82, 2.24) is 14.9 Å². The van der Waals surface area contributed by atoms with E-state index in [2.05, 4.69) is 22.1 Å². The zero-order chi connectivity index (χ0) is 19.3. The molecule has 3 heterocycles. The first-order valence-electron chi connectivity index (χ1n) is 9.74. The SMILES string of the molecule is CC(C)(C)OC(=O)N1CCCC1OCCCCc1ccc2cccnc2n1. The van der Waals surface area contributed by atoms with Crippen molar-refractivity contribution < 1.29 is 14.3 Å². The minimum absolute atomic E-state index is 0.164. The highest BCUT2D eigenvalue weighted by Gasteiger charge is 2.32. The maximum Gasteiger partial charge on any atom is 0.412 e. The number of fused-ring (bicyclic) bond motifs is 1. The van der Waals surface area contributed by atoms with Crippen LogP contribution >= 0.6 is 0 Å². The molecule has 1 fully saturated rings. The number of carbonyl (C=O) groups excluding carboxylic acids is 1. The molecule has 1 aliphatic rings. The zero-order valence-electron chi connectivity index (χ0n) is 16.5. The van der Waals surface area contributed by atoms with E-state index in [0.29, 0.717) is 13.2 Å². The fourth-order valence-corrected chi connectivity index (χ4v) is 3.20. The van der Waals surface area contributed by atoms with E-state index < -0.39 is 5.60 Å². The summed E-state index contributed by atoms with van der Waals surface area (Å²) in [5.41, 5.74) is 1.37. The Morgan fingerprint density at radius 3 is 2.93 bits per heavy atom. The van der Waals surface area contributed by atoms with Gasteiger partial charge < -0.3 is 9.47 Å². The largest absolute Gasteiger partial charge is 0.444 e. The second-order valence-corrected chi connectivity index (χ2v) is 7.95. The topological polar surface area (TPSA) is 64.5 Å². The lowest BCUT2D eigenvalue weighted by Crippen LogP contribution is -2.41. The van der Waals surface area contributed by atoms with Crippen molar-refractivity contribution in [3.05, 3.63) is 36.2 Å². The van der Waals surface area contributed by atoms with Gasteiger partial charge in [-0.15, -0.1) is 0 Å². The van der Waals surface area contributed by atoms with Gasteiger partial charge in [-0.05, 0) is 77.1 Å². The summed E-state index contributed by atoms with van der Waals surface area (Å²) >= 11 is 0. The summed E-state index contributed by atoms with van der Waals surface area (Å²) in [6.07, 6.45) is 5.97. The van der Waals surface area contributed by atoms with Crippen LogP contribution in [0.1, 0.15) is 52.1 Å². The van der Waals surface area contributed by atoms with E-state index in [9.17, 15) is 4.79 Å². The Balaban J connectivity index is 1.40. The number of likely N-dealkylation sites (tertiary alicyclic amines) is 1. The molecule has 1 atom stereocenters. The van der Waals surface area contributed by atoms with Crippen molar-refractivity contribution in [3.63, 3.8) is 0 Å². The molecule has 146 valence electrons. The number of rotatable bonds is 6. The number of hydrogen-bond donors (Lipinski definition) is 0. The van der Waals surface area contributed by atoms with Crippen LogP contribution < -0.4 is 0 Å². The lowest BCUT2D eigenvalue weighted by Gasteiger charge is -2.28. The van der Waals surface area contributed by atoms with Gasteiger partial charge in [-0.25, -0.2) is 14.8 Å². The Bertz CT molecular complexity index is 773. The van der Waals surface area contributed by atoms with Crippen molar-refractivity contribution in [1.29, 1.82) is 0 Å². The third-order valence-electron chi connectivity index (χ3n) is 4.48. The minimum atomic E-state index is -0.480. The average Bonchev–Trinajstić information content (AvgIpc) is 3.08. The Labute approximate surface area is 160 Å². The molecule has 2 aromatic rings. The van der Waals surface area contributed by atoms with Gasteiger partial charge in [0.25, 0.3) is 0 Å². The highest BCUT2D eigenvalue weighted by atomic mass is 16.6. The second-order valence-electron chi connectivity index (χ2n) is 7.95. The standard InChI is InChI=1S/C21H29N3O3/c1-21(2,3)27-20(25)24-14-7-10-18(24)26-15-5-4-9-17-12-11-16-8-6-13-22-19(16)23-17/h6,8,11-13,18H,4-5,7,9-10,14-15H2,1-3H3. The number of amides is 1. The summed E-state index contributed by atoms with van der Waals surface area (Å²) in [5, 5.41) is 1.06. The number of nitrogens with zero attached hydrogens (tertiary/aromatic N) is 3. The number of hydrogen-bond acceptors (Lipinski definition) is 5. The van der Waals surface area contributed by atoms with Crippen LogP contribution in [-0.2, 0) is 15.9 Å². The smallest absolute Gasteiger partial charge is 0.412 e. The molecular formula is C21H29N3O3. The molecule has 0 radical (unpaired) electrons. The van der Waals surface area contributed by atoms with Gasteiger partial charge in [0, 0.05) is 30.4 Å². The van der Waals surface area contributed by atoms with Crippen LogP contribution in [0.15, 0.2) is 30.5 Å². The lowest BCUT2D eigenvalue weighted by atomic mass is 10.1. The van der Waals surface area contributed by atoms with E-state index >= 15 is 0 Å². The fraction of sp³-hybridized carbons (Fsp3) is 0.571. The summed E-state index contributed by atoms with van der Waals surface area (Å²) in [5.74, 6) is 0. The molecule has 0 aromatic carbocycles. The maximum absolute atomic E-state index is 12.3. The highest BCUT2D eigenvalue weighted by Crippen LogP contribution is 2.22. The quantitative estimate of drug-likeness (QED) is 0.707. The number of ether oxygens (including phenoxy) is 2. The number of aromatic nitrogens is 2. The van der Waals surface area contributed by atoms with Gasteiger partial charge >= 0.3 is 6.09 Å². The van der Waals surface area contributed by atoms with Gasteiger partial charge in [0.1, 0.15) is 11.8 Å². The predicted molar refractivity (Wildman–Crippen MR) is 104 cm³/mol. The van der Waals surface area contributed by atoms with Crippen molar-refractivity contribution in [3.8, 4) is 0 Å². The highest BCUT2D eigenvalue weighted by molar-refractivity contribution is 5.74. The van der Waals surface area contributed by atoms with Gasteiger partial charge in [-0.3, -0.25) is 4.90 Å². The first kappa shape index (κ1) is 19.5. The molecule has 1 saturated heterocycles. The average molecular weight is 371 g/mol. The van der Waals surface area contributed by atoms with Crippen LogP contribution in [0.3, 0.4) is 0 Å². The Kier molecular flexibility index (Phi) is 6.26. The van der Waals surface area contributed by atoms with Crippen LogP contribution in [0.2, 0.25) is 0 Å². The molecule has 0 bridgehead atoms. The van der Waals surface area contributed by atoms with Gasteiger partial charge in [0.2, 0.25) is 0 Å². The Morgan fingerprint density at radius 1 is 1.26 bits per heavy atom. The number of aryl methyl sites for hydroxylation is 1. The molecule has 3 rings (SSSR count). The molecule has 27 heavy (non-hydrogen) atoms. The molecule has 1 aliphatic heterocycles. The van der Waals surface area contributed by atoms with Crippen molar-refractivity contribution in [2.45, 2.75) is 64.7 Å². The summed E-state index contributed by atoms with van der Waals surface area (Å²) in [6.45, 7) is 6.98. The molecule has 0 aliphatic carbocycles. The summed E-state index contributed by atoms with van der Waals surface area (Å²) in [4.78, 5) is 22.9. The molecular weight excluding hydrogens is 342 g/mol. The lowest BCUT2D eigenvalue weighted by molar-refractivity contribution is -0.0496. The number of carbonyl (C=O) groups is 1. The van der Waals surface area contributed by atoms with E-state index in [1.165, 1.54) is 0 Å². The van der Waals surface area contributed by atoms with E-state index in [-0.39, 0.29) is 12.3 Å². The third kappa shape index (κ3) is 5.63. The summed E-state index contributed by atoms with van der Waals surface area (Å²) in [7, 11) is 0. The Morgan fingerprint density at radius 2 is 2.11 bits per heavy atom. The number of unbranched alkanes of at least 4 members (excludes halogenated alkanes) is 1. The summed E-state index contributed by atoms with van der Waals surface area (Å²) in [6, 6.07) is 8.07. The third-order valence-corrected chi connectivity index (χ3v) is 4.48. The molecule has 6 nitrogen and oxygen atoms in total. The second kappa shape index (κ2) is 8.65. The molecule has 1 amide bonds. The van der Waals surface area contributed by atoms with Crippen molar-refractivity contribution in [2.75, 3.05) is 13.2 Å². The van der Waals surface area contributed by atoms with Crippen molar-refractivity contribution in [2.24, 2.45) is 0 Å². The van der Waals surface area contributed by atoms with Gasteiger partial charge in [-0.1, -0.05) is 0 Å². The number of pyridine rings is 2. The maximum atomic E-state index is 12.3. The fourth-order valence-electron chi connectivity index (χ4n) is 3.20. The first-order chi connectivity index (χ1) is 12.9. The molecule has 1 unspecified atom stereocenters.